The Hall–Kier alpha value is -3.34. The van der Waals surface area contributed by atoms with Gasteiger partial charge >= 0.3 is 11.9 Å². The van der Waals surface area contributed by atoms with Gasteiger partial charge in [0.1, 0.15) is 25.8 Å². The van der Waals surface area contributed by atoms with Crippen molar-refractivity contribution in [1.29, 1.82) is 0 Å². The van der Waals surface area contributed by atoms with Crippen LogP contribution in [0, 0.1) is 0 Å². The molecular weight excluding hydrogens is 488 g/mol. The lowest BCUT2D eigenvalue weighted by Crippen LogP contribution is -2.37. The van der Waals surface area contributed by atoms with Gasteiger partial charge in [0.05, 0.1) is 39.6 Å². The van der Waals surface area contributed by atoms with Crippen LogP contribution in [-0.4, -0.2) is 125 Å². The van der Waals surface area contributed by atoms with E-state index in [1.807, 2.05) is 0 Å². The Morgan fingerprint density at radius 2 is 1.19 bits per heavy atom. The predicted molar refractivity (Wildman–Crippen MR) is 120 cm³/mol. The lowest BCUT2D eigenvalue weighted by atomic mass is 10.1. The first-order chi connectivity index (χ1) is 17.3. The maximum Gasteiger partial charge on any atom is 0.326 e. The van der Waals surface area contributed by atoms with E-state index in [-0.39, 0.29) is 97.0 Å². The van der Waals surface area contributed by atoms with Crippen LogP contribution in [0.5, 0.6) is 0 Å². The number of hydrogen-bond acceptors (Lipinski definition) is 10. The second kappa shape index (κ2) is 22.1. The first kappa shape index (κ1) is 32.7. The summed E-state index contributed by atoms with van der Waals surface area (Å²) in [6, 6.07) is -1.12. The number of carbonyl (C=O) groups is 6. The average Bonchev–Trinajstić information content (AvgIpc) is 2.83. The van der Waals surface area contributed by atoms with Crippen molar-refractivity contribution >= 4 is 36.1 Å². The standard InChI is InChI=1S/C20H34N4O12/c25-14-24-15(20(31)32)1-2-16(26)21-3-5-33-7-9-35-12-17(27)22-4-6-34-8-10-36-13-18(28)23-11-19(29)30/h14-15H,1-13H2,(H,21,26)(H,22,27)(H,23,28)(H,24,25)(H,29,30)(H,31,32)/t15-/m0/s1. The van der Waals surface area contributed by atoms with Crippen LogP contribution in [0.2, 0.25) is 0 Å². The highest BCUT2D eigenvalue weighted by Gasteiger charge is 2.17. The third-order valence-electron chi connectivity index (χ3n) is 4.01. The zero-order valence-corrected chi connectivity index (χ0v) is 19.8. The second-order valence-corrected chi connectivity index (χ2v) is 6.91. The van der Waals surface area contributed by atoms with Crippen LogP contribution in [0.25, 0.3) is 0 Å². The van der Waals surface area contributed by atoms with Crippen molar-refractivity contribution in [2.24, 2.45) is 0 Å². The monoisotopic (exact) mass is 522 g/mol. The van der Waals surface area contributed by atoms with Crippen molar-refractivity contribution < 1.29 is 57.9 Å². The molecule has 0 heterocycles. The molecule has 6 N–H and O–H groups in total. The Bertz CT molecular complexity index is 692. The molecule has 0 radical (unpaired) electrons. The van der Waals surface area contributed by atoms with Crippen LogP contribution < -0.4 is 21.3 Å². The SMILES string of the molecule is O=CN[C@@H](CCC(=O)NCCOCCOCC(=O)NCCOCCOCC(=O)NCC(=O)O)C(=O)O. The Kier molecular flexibility index (Phi) is 20.1. The van der Waals surface area contributed by atoms with Crippen molar-refractivity contribution in [1.82, 2.24) is 21.3 Å². The highest BCUT2D eigenvalue weighted by molar-refractivity contribution is 5.82. The molecule has 0 bridgehead atoms. The lowest BCUT2D eigenvalue weighted by Gasteiger charge is -2.11. The fourth-order valence-corrected chi connectivity index (χ4v) is 2.30. The minimum Gasteiger partial charge on any atom is -0.480 e. The quantitative estimate of drug-likeness (QED) is 0.0535. The molecule has 0 aromatic rings. The molecule has 0 spiro atoms. The van der Waals surface area contributed by atoms with Gasteiger partial charge in [-0.1, -0.05) is 0 Å². The van der Waals surface area contributed by atoms with E-state index in [0.717, 1.165) is 0 Å². The van der Waals surface area contributed by atoms with Gasteiger partial charge < -0.3 is 50.4 Å². The van der Waals surface area contributed by atoms with Gasteiger partial charge in [-0.2, -0.15) is 0 Å². The van der Waals surface area contributed by atoms with Crippen LogP contribution in [0.4, 0.5) is 0 Å². The molecule has 0 aromatic carbocycles. The van der Waals surface area contributed by atoms with Gasteiger partial charge in [0.15, 0.2) is 0 Å². The number of rotatable bonds is 24. The van der Waals surface area contributed by atoms with E-state index in [0.29, 0.717) is 0 Å². The normalized spacial score (nSPS) is 11.2. The van der Waals surface area contributed by atoms with E-state index in [9.17, 15) is 28.8 Å². The highest BCUT2D eigenvalue weighted by Crippen LogP contribution is 1.97. The maximum atomic E-state index is 11.6. The number of amides is 4. The Labute approximate surface area is 207 Å². The molecule has 16 nitrogen and oxygen atoms in total. The topological polar surface area (TPSA) is 228 Å². The molecule has 4 amide bonds. The van der Waals surface area contributed by atoms with E-state index < -0.39 is 30.4 Å². The van der Waals surface area contributed by atoms with Crippen LogP contribution in [-0.2, 0) is 47.7 Å². The van der Waals surface area contributed by atoms with Crippen LogP contribution >= 0.6 is 0 Å². The molecule has 0 aliphatic carbocycles. The second-order valence-electron chi connectivity index (χ2n) is 6.91. The summed E-state index contributed by atoms with van der Waals surface area (Å²) in [5.41, 5.74) is 0. The number of aliphatic carboxylic acids is 2. The van der Waals surface area contributed by atoms with Gasteiger partial charge in [-0.25, -0.2) is 4.79 Å². The molecule has 1 atom stereocenters. The van der Waals surface area contributed by atoms with Gasteiger partial charge in [0.25, 0.3) is 0 Å². The van der Waals surface area contributed by atoms with Crippen molar-refractivity contribution in [2.45, 2.75) is 18.9 Å². The zero-order valence-electron chi connectivity index (χ0n) is 19.8. The molecule has 0 fully saturated rings. The summed E-state index contributed by atoms with van der Waals surface area (Å²) < 4.78 is 20.6. The highest BCUT2D eigenvalue weighted by atomic mass is 16.5. The molecule has 36 heavy (non-hydrogen) atoms. The molecule has 0 aromatic heterocycles. The molecule has 0 saturated carbocycles. The lowest BCUT2D eigenvalue weighted by molar-refractivity contribution is -0.141. The Balaban J connectivity index is 3.47. The minimum atomic E-state index is -1.22. The summed E-state index contributed by atoms with van der Waals surface area (Å²) in [4.78, 5) is 65.9. The van der Waals surface area contributed by atoms with Gasteiger partial charge in [-0.3, -0.25) is 24.0 Å². The van der Waals surface area contributed by atoms with Gasteiger partial charge in [0, 0.05) is 19.5 Å². The first-order valence-electron chi connectivity index (χ1n) is 11.0. The van der Waals surface area contributed by atoms with Crippen molar-refractivity contribution in [2.75, 3.05) is 72.5 Å². The third kappa shape index (κ3) is 21.2. The molecule has 0 aliphatic heterocycles. The van der Waals surface area contributed by atoms with Crippen molar-refractivity contribution in [3.8, 4) is 0 Å². The summed E-state index contributed by atoms with van der Waals surface area (Å²) >= 11 is 0. The Morgan fingerprint density at radius 3 is 1.69 bits per heavy atom. The van der Waals surface area contributed by atoms with Gasteiger partial charge in [-0.15, -0.1) is 0 Å². The average molecular weight is 523 g/mol. The Morgan fingerprint density at radius 1 is 0.694 bits per heavy atom. The summed E-state index contributed by atoms with van der Waals surface area (Å²) in [6.45, 7) is 0.631. The molecule has 0 saturated heterocycles. The predicted octanol–water partition coefficient (Wildman–Crippen LogP) is -3.53. The van der Waals surface area contributed by atoms with Gasteiger partial charge in [-0.05, 0) is 6.42 Å². The molecule has 0 aliphatic rings. The molecular formula is C20H34N4O12. The number of carboxylic acid groups (broad SMARTS) is 2. The third-order valence-corrected chi connectivity index (χ3v) is 4.01. The van der Waals surface area contributed by atoms with Crippen LogP contribution in [0.1, 0.15) is 12.8 Å². The fraction of sp³-hybridized carbons (Fsp3) is 0.700. The smallest absolute Gasteiger partial charge is 0.326 e. The van der Waals surface area contributed by atoms with Crippen LogP contribution in [0.3, 0.4) is 0 Å². The van der Waals surface area contributed by atoms with Crippen molar-refractivity contribution in [3.63, 3.8) is 0 Å². The van der Waals surface area contributed by atoms with E-state index in [1.54, 1.807) is 0 Å². The number of nitrogens with one attached hydrogen (secondary N) is 4. The van der Waals surface area contributed by atoms with Crippen molar-refractivity contribution in [3.05, 3.63) is 0 Å². The fourth-order valence-electron chi connectivity index (χ4n) is 2.30. The molecule has 0 rings (SSSR count). The van der Waals surface area contributed by atoms with E-state index in [1.165, 1.54) is 0 Å². The van der Waals surface area contributed by atoms with E-state index >= 15 is 0 Å². The summed E-state index contributed by atoms with van der Waals surface area (Å²) in [6.07, 6.45) is 0.171. The minimum absolute atomic E-state index is 0.0329. The molecule has 0 unspecified atom stereocenters. The number of hydrogen-bond donors (Lipinski definition) is 6. The molecule has 206 valence electrons. The number of ether oxygens (including phenoxy) is 4. The van der Waals surface area contributed by atoms with Gasteiger partial charge in [0.2, 0.25) is 24.1 Å². The van der Waals surface area contributed by atoms with E-state index in [4.69, 9.17) is 29.2 Å². The largest absolute Gasteiger partial charge is 0.480 e. The summed E-state index contributed by atoms with van der Waals surface area (Å²) in [5.74, 6) is -3.63. The number of carbonyl (C=O) groups excluding carboxylic acids is 4. The van der Waals surface area contributed by atoms with Crippen LogP contribution in [0.15, 0.2) is 0 Å². The maximum absolute atomic E-state index is 11.6. The van der Waals surface area contributed by atoms with E-state index in [2.05, 4.69) is 21.3 Å². The first-order valence-corrected chi connectivity index (χ1v) is 11.0. The molecule has 16 heteroatoms. The summed E-state index contributed by atoms with van der Waals surface area (Å²) in [7, 11) is 0. The zero-order chi connectivity index (χ0) is 27.0. The summed E-state index contributed by atoms with van der Waals surface area (Å²) in [5, 5.41) is 26.6. The number of carboxylic acids is 2.